The molecule has 10 heteroatoms. The van der Waals surface area contributed by atoms with Crippen LogP contribution in [0.15, 0.2) is 52.4 Å². The van der Waals surface area contributed by atoms with Crippen molar-refractivity contribution in [1.82, 2.24) is 9.88 Å². The Labute approximate surface area is 194 Å². The molecule has 32 heavy (non-hydrogen) atoms. The van der Waals surface area contributed by atoms with Crippen molar-refractivity contribution in [3.05, 3.63) is 48.0 Å². The van der Waals surface area contributed by atoms with E-state index in [1.807, 2.05) is 12.1 Å². The molecular formula is C22H22N4O3S3. The van der Waals surface area contributed by atoms with Gasteiger partial charge < -0.3 is 10.2 Å². The molecular weight excluding hydrogens is 464 g/mol. The van der Waals surface area contributed by atoms with Gasteiger partial charge >= 0.3 is 0 Å². The fourth-order valence-corrected chi connectivity index (χ4v) is 6.62. The van der Waals surface area contributed by atoms with Crippen molar-refractivity contribution >= 4 is 64.3 Å². The fourth-order valence-electron chi connectivity index (χ4n) is 3.92. The molecule has 166 valence electrons. The van der Waals surface area contributed by atoms with Gasteiger partial charge in [-0.1, -0.05) is 23.5 Å². The lowest BCUT2D eigenvalue weighted by molar-refractivity contribution is -0.113. The molecule has 0 bridgehead atoms. The zero-order valence-electron chi connectivity index (χ0n) is 17.4. The number of aliphatic imine (C=N–C) groups is 1. The standard InChI is InChI=1S/C22H22N4O3S3/c1-32(28,29)16-8-9-17-19(13-16)30-21(25-17)23-11-10-14-4-6-15(7-5-14)24-22-26-12-2-3-18(26)20(27)31-22/h4-9,13,18H,2-3,10-12H2,1H3,(H,23,25)/t18-/m0/s1. The van der Waals surface area contributed by atoms with Crippen LogP contribution in [0.25, 0.3) is 10.2 Å². The second kappa shape index (κ2) is 8.49. The van der Waals surface area contributed by atoms with E-state index in [1.54, 1.807) is 18.2 Å². The zero-order valence-corrected chi connectivity index (χ0v) is 19.9. The number of thiazole rings is 1. The van der Waals surface area contributed by atoms with Gasteiger partial charge in [-0.25, -0.2) is 18.4 Å². The van der Waals surface area contributed by atoms with Crippen LogP contribution in [0.5, 0.6) is 0 Å². The molecule has 0 saturated carbocycles. The highest BCUT2D eigenvalue weighted by Crippen LogP contribution is 2.34. The van der Waals surface area contributed by atoms with Crippen LogP contribution in [-0.4, -0.2) is 54.0 Å². The number of nitrogens with one attached hydrogen (secondary N) is 1. The number of hydrogen-bond donors (Lipinski definition) is 1. The maximum Gasteiger partial charge on any atom is 0.219 e. The number of fused-ring (bicyclic) bond motifs is 2. The number of carbonyl (C=O) groups is 1. The van der Waals surface area contributed by atoms with E-state index in [1.165, 1.54) is 34.9 Å². The van der Waals surface area contributed by atoms with Crippen LogP contribution in [0, 0.1) is 0 Å². The van der Waals surface area contributed by atoms with E-state index in [0.717, 1.165) is 52.0 Å². The van der Waals surface area contributed by atoms with Gasteiger partial charge in [-0.3, -0.25) is 4.79 Å². The Kier molecular flexibility index (Phi) is 5.68. The first-order chi connectivity index (χ1) is 15.4. The van der Waals surface area contributed by atoms with Crippen LogP contribution in [0.3, 0.4) is 0 Å². The summed E-state index contributed by atoms with van der Waals surface area (Å²) in [7, 11) is -3.23. The summed E-state index contributed by atoms with van der Waals surface area (Å²) in [6, 6.07) is 13.1. The first-order valence-electron chi connectivity index (χ1n) is 10.4. The lowest BCUT2D eigenvalue weighted by atomic mass is 10.1. The molecule has 7 nitrogen and oxygen atoms in total. The Balaban J connectivity index is 1.20. The number of sulfone groups is 1. The minimum absolute atomic E-state index is 0.0181. The first kappa shape index (κ1) is 21.4. The molecule has 0 spiro atoms. The number of aromatic nitrogens is 1. The van der Waals surface area contributed by atoms with Crippen molar-refractivity contribution in [2.45, 2.75) is 30.2 Å². The second-order valence-corrected chi connectivity index (χ2v) is 11.9. The Morgan fingerprint density at radius 2 is 2.03 bits per heavy atom. The van der Waals surface area contributed by atoms with Gasteiger partial charge in [-0.15, -0.1) is 0 Å². The van der Waals surface area contributed by atoms with E-state index in [-0.39, 0.29) is 11.2 Å². The Morgan fingerprint density at radius 3 is 2.81 bits per heavy atom. The monoisotopic (exact) mass is 486 g/mol. The third-order valence-electron chi connectivity index (χ3n) is 5.60. The average Bonchev–Trinajstić information content (AvgIpc) is 3.45. The van der Waals surface area contributed by atoms with E-state index in [0.29, 0.717) is 11.4 Å². The minimum Gasteiger partial charge on any atom is -0.361 e. The van der Waals surface area contributed by atoms with Crippen molar-refractivity contribution in [2.24, 2.45) is 4.99 Å². The molecule has 1 atom stereocenters. The number of amidine groups is 1. The van der Waals surface area contributed by atoms with Crippen molar-refractivity contribution in [2.75, 3.05) is 24.7 Å². The summed E-state index contributed by atoms with van der Waals surface area (Å²) in [5.74, 6) is 0. The highest BCUT2D eigenvalue weighted by atomic mass is 32.2. The molecule has 5 rings (SSSR count). The predicted molar refractivity (Wildman–Crippen MR) is 131 cm³/mol. The molecule has 2 aliphatic rings. The summed E-state index contributed by atoms with van der Waals surface area (Å²) in [4.78, 5) is 23.7. The number of anilines is 1. The minimum atomic E-state index is -3.23. The van der Waals surface area contributed by atoms with Gasteiger partial charge in [-0.05, 0) is 66.9 Å². The molecule has 0 aliphatic carbocycles. The van der Waals surface area contributed by atoms with Gasteiger partial charge in [0.1, 0.15) is 6.04 Å². The van der Waals surface area contributed by atoms with Gasteiger partial charge in [0, 0.05) is 19.3 Å². The summed E-state index contributed by atoms with van der Waals surface area (Å²) in [6.07, 6.45) is 4.02. The Bertz CT molecular complexity index is 1320. The number of rotatable bonds is 6. The highest BCUT2D eigenvalue weighted by Gasteiger charge is 2.40. The van der Waals surface area contributed by atoms with E-state index < -0.39 is 9.84 Å². The number of carbonyl (C=O) groups excluding carboxylic acids is 1. The van der Waals surface area contributed by atoms with Gasteiger partial charge in [0.05, 0.1) is 20.8 Å². The van der Waals surface area contributed by atoms with Crippen LogP contribution < -0.4 is 5.32 Å². The molecule has 3 aromatic rings. The van der Waals surface area contributed by atoms with Crippen molar-refractivity contribution < 1.29 is 13.2 Å². The SMILES string of the molecule is CS(=O)(=O)c1ccc2nc(NCCc3ccc(N=C4SC(=O)[C@@H]5CCCN45)cc3)sc2c1. The van der Waals surface area contributed by atoms with Crippen LogP contribution in [0.1, 0.15) is 18.4 Å². The second-order valence-electron chi connectivity index (χ2n) is 7.93. The number of nitrogens with zero attached hydrogens (tertiary/aromatic N) is 3. The lowest BCUT2D eigenvalue weighted by Gasteiger charge is -2.14. The molecule has 1 N–H and O–H groups in total. The maximum absolute atomic E-state index is 12.1. The summed E-state index contributed by atoms with van der Waals surface area (Å²) < 4.78 is 24.3. The molecule has 1 aromatic heterocycles. The lowest BCUT2D eigenvalue weighted by Crippen LogP contribution is -2.28. The van der Waals surface area contributed by atoms with Gasteiger partial charge in [0.25, 0.3) is 0 Å². The quantitative estimate of drug-likeness (QED) is 0.561. The van der Waals surface area contributed by atoms with Gasteiger partial charge in [-0.2, -0.15) is 0 Å². The smallest absolute Gasteiger partial charge is 0.219 e. The molecule has 2 aliphatic heterocycles. The summed E-state index contributed by atoms with van der Waals surface area (Å²) in [6.45, 7) is 1.62. The van der Waals surface area contributed by atoms with Crippen molar-refractivity contribution in [1.29, 1.82) is 0 Å². The van der Waals surface area contributed by atoms with Crippen LogP contribution in [0.4, 0.5) is 10.8 Å². The summed E-state index contributed by atoms with van der Waals surface area (Å²) >= 11 is 2.71. The molecule has 2 aromatic carbocycles. The molecule has 0 radical (unpaired) electrons. The molecule has 2 saturated heterocycles. The summed E-state index contributed by atoms with van der Waals surface area (Å²) in [5.41, 5.74) is 2.82. The number of thioether (sulfide) groups is 1. The third kappa shape index (κ3) is 4.39. The maximum atomic E-state index is 12.1. The number of benzene rings is 2. The third-order valence-corrected chi connectivity index (χ3v) is 8.67. The topological polar surface area (TPSA) is 91.7 Å². The van der Waals surface area contributed by atoms with Crippen molar-refractivity contribution in [3.8, 4) is 0 Å². The van der Waals surface area contributed by atoms with Gasteiger partial charge in [0.2, 0.25) is 5.12 Å². The van der Waals surface area contributed by atoms with E-state index in [4.69, 9.17) is 0 Å². The van der Waals surface area contributed by atoms with Crippen LogP contribution in [0.2, 0.25) is 0 Å². The van der Waals surface area contributed by atoms with E-state index in [9.17, 15) is 13.2 Å². The zero-order chi connectivity index (χ0) is 22.3. The first-order valence-corrected chi connectivity index (χ1v) is 13.9. The van der Waals surface area contributed by atoms with Crippen LogP contribution in [-0.2, 0) is 21.1 Å². The van der Waals surface area contributed by atoms with Crippen molar-refractivity contribution in [3.63, 3.8) is 0 Å². The normalized spacial score (nSPS) is 19.8. The molecule has 0 unspecified atom stereocenters. The van der Waals surface area contributed by atoms with E-state index >= 15 is 0 Å². The summed E-state index contributed by atoms with van der Waals surface area (Å²) in [5, 5.41) is 5.14. The average molecular weight is 487 g/mol. The fraction of sp³-hybridized carbons (Fsp3) is 0.318. The van der Waals surface area contributed by atoms with Crippen LogP contribution >= 0.6 is 23.1 Å². The predicted octanol–water partition coefficient (Wildman–Crippen LogP) is 4.08. The molecule has 2 fully saturated rings. The highest BCUT2D eigenvalue weighted by molar-refractivity contribution is 8.26. The van der Waals surface area contributed by atoms with E-state index in [2.05, 4.69) is 32.3 Å². The Morgan fingerprint density at radius 1 is 1.22 bits per heavy atom. The van der Waals surface area contributed by atoms with Gasteiger partial charge in [0.15, 0.2) is 20.1 Å². The Hall–Kier alpha value is -2.43. The molecule has 0 amide bonds. The molecule has 3 heterocycles. The number of hydrogen-bond acceptors (Lipinski definition) is 8. The largest absolute Gasteiger partial charge is 0.361 e.